The number of benzene rings is 1. The number of aliphatic hydroxyl groups excluding tert-OH is 1. The minimum atomic E-state index is 0.279. The number of unbranched alkanes of at least 4 members (excludes halogenated alkanes) is 1. The van der Waals surface area contributed by atoms with E-state index in [9.17, 15) is 0 Å². The smallest absolute Gasteiger partial charge is 0.122 e. The van der Waals surface area contributed by atoms with Gasteiger partial charge >= 0.3 is 0 Å². The van der Waals surface area contributed by atoms with Gasteiger partial charge in [-0.2, -0.15) is 0 Å². The van der Waals surface area contributed by atoms with Crippen molar-refractivity contribution in [3.05, 3.63) is 28.8 Å². The molecule has 19 heavy (non-hydrogen) atoms. The number of hydrogen-bond donors (Lipinski definition) is 2. The highest BCUT2D eigenvalue weighted by atomic mass is 16.5. The first kappa shape index (κ1) is 16.0. The van der Waals surface area contributed by atoms with Crippen LogP contribution in [0.5, 0.6) is 5.75 Å². The van der Waals surface area contributed by atoms with E-state index < -0.39 is 0 Å². The predicted octanol–water partition coefficient (Wildman–Crippen LogP) is 2.99. The Morgan fingerprint density at radius 1 is 1.26 bits per heavy atom. The quantitative estimate of drug-likeness (QED) is 0.710. The van der Waals surface area contributed by atoms with Gasteiger partial charge in [-0.25, -0.2) is 0 Å². The molecule has 0 saturated carbocycles. The van der Waals surface area contributed by atoms with E-state index in [4.69, 9.17) is 9.84 Å². The molecule has 0 fully saturated rings. The highest BCUT2D eigenvalue weighted by molar-refractivity contribution is 5.43. The van der Waals surface area contributed by atoms with Crippen LogP contribution in [-0.2, 0) is 6.54 Å². The van der Waals surface area contributed by atoms with Crippen LogP contribution < -0.4 is 10.1 Å². The molecule has 0 radical (unpaired) electrons. The number of rotatable bonds is 8. The topological polar surface area (TPSA) is 41.5 Å². The summed E-state index contributed by atoms with van der Waals surface area (Å²) in [6.07, 6.45) is 1.88. The first-order chi connectivity index (χ1) is 9.10. The van der Waals surface area contributed by atoms with Crippen molar-refractivity contribution in [1.29, 1.82) is 0 Å². The Labute approximate surface area is 117 Å². The van der Waals surface area contributed by atoms with Crippen molar-refractivity contribution >= 4 is 0 Å². The molecule has 0 bridgehead atoms. The van der Waals surface area contributed by atoms with Gasteiger partial charge in [0.15, 0.2) is 0 Å². The third-order valence-electron chi connectivity index (χ3n) is 3.39. The average Bonchev–Trinajstić information content (AvgIpc) is 2.39. The Balaban J connectivity index is 2.70. The second-order valence-electron chi connectivity index (χ2n) is 5.28. The lowest BCUT2D eigenvalue weighted by molar-refractivity contribution is 0.283. The van der Waals surface area contributed by atoms with Crippen molar-refractivity contribution in [1.82, 2.24) is 5.32 Å². The molecule has 3 nitrogen and oxygen atoms in total. The molecule has 1 aromatic carbocycles. The number of nitrogens with one attached hydrogen (secondary N) is 1. The van der Waals surface area contributed by atoms with Gasteiger partial charge in [-0.3, -0.25) is 0 Å². The standard InChI is InChI=1S/C16H27NO2/c1-12(2)15-10-14(11-17-7-5-6-8-18)13(3)9-16(15)19-4/h9-10,12,17-18H,5-8,11H2,1-4H3. The van der Waals surface area contributed by atoms with Crippen molar-refractivity contribution in [2.24, 2.45) is 0 Å². The number of aryl methyl sites for hydroxylation is 1. The summed E-state index contributed by atoms with van der Waals surface area (Å²) in [6.45, 7) is 8.60. The summed E-state index contributed by atoms with van der Waals surface area (Å²) in [5, 5.41) is 12.2. The minimum absolute atomic E-state index is 0.279. The van der Waals surface area contributed by atoms with Crippen LogP contribution in [0, 0.1) is 6.92 Å². The fourth-order valence-corrected chi connectivity index (χ4v) is 2.15. The van der Waals surface area contributed by atoms with Crippen molar-refractivity contribution in [3.63, 3.8) is 0 Å². The van der Waals surface area contributed by atoms with E-state index in [-0.39, 0.29) is 6.61 Å². The monoisotopic (exact) mass is 265 g/mol. The normalized spacial score (nSPS) is 11.1. The van der Waals surface area contributed by atoms with E-state index >= 15 is 0 Å². The van der Waals surface area contributed by atoms with E-state index in [1.165, 1.54) is 16.7 Å². The zero-order valence-electron chi connectivity index (χ0n) is 12.6. The molecule has 0 aromatic heterocycles. The Hall–Kier alpha value is -1.06. The number of hydrogen-bond acceptors (Lipinski definition) is 3. The second kappa shape index (κ2) is 8.18. The van der Waals surface area contributed by atoms with Gasteiger partial charge in [-0.1, -0.05) is 19.9 Å². The predicted molar refractivity (Wildman–Crippen MR) is 79.8 cm³/mol. The Morgan fingerprint density at radius 2 is 2.00 bits per heavy atom. The highest BCUT2D eigenvalue weighted by Crippen LogP contribution is 2.29. The van der Waals surface area contributed by atoms with E-state index in [1.807, 2.05) is 0 Å². The van der Waals surface area contributed by atoms with Crippen molar-refractivity contribution in [2.75, 3.05) is 20.3 Å². The fourth-order valence-electron chi connectivity index (χ4n) is 2.15. The Morgan fingerprint density at radius 3 is 2.58 bits per heavy atom. The van der Waals surface area contributed by atoms with Gasteiger partial charge in [-0.05, 0) is 55.0 Å². The van der Waals surface area contributed by atoms with Gasteiger partial charge in [0, 0.05) is 13.2 Å². The maximum Gasteiger partial charge on any atom is 0.122 e. The van der Waals surface area contributed by atoms with Crippen molar-refractivity contribution < 1.29 is 9.84 Å². The average molecular weight is 265 g/mol. The molecule has 2 N–H and O–H groups in total. The molecule has 0 unspecified atom stereocenters. The van der Waals surface area contributed by atoms with E-state index in [1.54, 1.807) is 7.11 Å². The van der Waals surface area contributed by atoms with Gasteiger partial charge in [0.05, 0.1) is 7.11 Å². The largest absolute Gasteiger partial charge is 0.496 e. The lowest BCUT2D eigenvalue weighted by Gasteiger charge is -2.16. The first-order valence-corrected chi connectivity index (χ1v) is 7.09. The zero-order valence-corrected chi connectivity index (χ0v) is 12.6. The van der Waals surface area contributed by atoms with Crippen LogP contribution in [0.25, 0.3) is 0 Å². The molecule has 0 aliphatic carbocycles. The third-order valence-corrected chi connectivity index (χ3v) is 3.39. The van der Waals surface area contributed by atoms with Crippen LogP contribution in [0.3, 0.4) is 0 Å². The van der Waals surface area contributed by atoms with Crippen LogP contribution in [0.2, 0.25) is 0 Å². The number of aliphatic hydroxyl groups is 1. The Kier molecular flexibility index (Phi) is 6.89. The lowest BCUT2D eigenvalue weighted by atomic mass is 9.96. The SMILES string of the molecule is COc1cc(C)c(CNCCCCO)cc1C(C)C. The molecule has 108 valence electrons. The third kappa shape index (κ3) is 4.84. The molecule has 0 aliphatic heterocycles. The van der Waals surface area contributed by atoms with Gasteiger partial charge in [0.2, 0.25) is 0 Å². The molecule has 0 heterocycles. The fraction of sp³-hybridized carbons (Fsp3) is 0.625. The number of ether oxygens (including phenoxy) is 1. The van der Waals surface area contributed by atoms with E-state index in [0.29, 0.717) is 5.92 Å². The van der Waals surface area contributed by atoms with Crippen molar-refractivity contribution in [2.45, 2.75) is 46.1 Å². The molecule has 3 heteroatoms. The van der Waals surface area contributed by atoms with Gasteiger partial charge in [-0.15, -0.1) is 0 Å². The van der Waals surface area contributed by atoms with Crippen LogP contribution in [0.1, 0.15) is 49.3 Å². The molecular weight excluding hydrogens is 238 g/mol. The summed E-state index contributed by atoms with van der Waals surface area (Å²) >= 11 is 0. The van der Waals surface area contributed by atoms with Gasteiger partial charge < -0.3 is 15.2 Å². The van der Waals surface area contributed by atoms with Crippen LogP contribution in [0.4, 0.5) is 0 Å². The molecule has 0 spiro atoms. The molecule has 1 rings (SSSR count). The Bertz CT molecular complexity index is 389. The molecule has 1 aromatic rings. The minimum Gasteiger partial charge on any atom is -0.496 e. The molecule has 0 aliphatic rings. The summed E-state index contributed by atoms with van der Waals surface area (Å²) in [5.41, 5.74) is 3.85. The highest BCUT2D eigenvalue weighted by Gasteiger charge is 2.10. The molecule has 0 amide bonds. The summed E-state index contributed by atoms with van der Waals surface area (Å²) in [5.74, 6) is 1.44. The summed E-state index contributed by atoms with van der Waals surface area (Å²) in [6, 6.07) is 4.37. The van der Waals surface area contributed by atoms with Crippen LogP contribution >= 0.6 is 0 Å². The summed E-state index contributed by atoms with van der Waals surface area (Å²) in [7, 11) is 1.73. The van der Waals surface area contributed by atoms with Crippen LogP contribution in [0.15, 0.2) is 12.1 Å². The number of methoxy groups -OCH3 is 1. The van der Waals surface area contributed by atoms with Crippen molar-refractivity contribution in [3.8, 4) is 5.75 Å². The lowest BCUT2D eigenvalue weighted by Crippen LogP contribution is -2.16. The van der Waals surface area contributed by atoms with E-state index in [0.717, 1.165) is 31.7 Å². The summed E-state index contributed by atoms with van der Waals surface area (Å²) in [4.78, 5) is 0. The molecule has 0 atom stereocenters. The maximum atomic E-state index is 8.74. The summed E-state index contributed by atoms with van der Waals surface area (Å²) < 4.78 is 5.45. The zero-order chi connectivity index (χ0) is 14.3. The van der Waals surface area contributed by atoms with Crippen LogP contribution in [-0.4, -0.2) is 25.4 Å². The second-order valence-corrected chi connectivity index (χ2v) is 5.28. The molecular formula is C16H27NO2. The first-order valence-electron chi connectivity index (χ1n) is 7.09. The van der Waals surface area contributed by atoms with Gasteiger partial charge in [0.25, 0.3) is 0 Å². The van der Waals surface area contributed by atoms with Gasteiger partial charge in [0.1, 0.15) is 5.75 Å². The van der Waals surface area contributed by atoms with E-state index in [2.05, 4.69) is 38.2 Å². The molecule has 0 saturated heterocycles. The maximum absolute atomic E-state index is 8.74.